The van der Waals surface area contributed by atoms with Gasteiger partial charge in [0, 0.05) is 6.07 Å². The summed E-state index contributed by atoms with van der Waals surface area (Å²) in [5.41, 5.74) is 0.0232. The number of benzene rings is 2. The summed E-state index contributed by atoms with van der Waals surface area (Å²) in [5, 5.41) is 0.345. The molecule has 0 unspecified atom stereocenters. The lowest BCUT2D eigenvalue weighted by molar-refractivity contribution is -0.151. The molecule has 0 saturated heterocycles. The molecule has 3 aromatic rings. The third kappa shape index (κ3) is 4.54. The molecule has 3 rings (SSSR count). The minimum Gasteiger partial charge on any atom is -0.479 e. The van der Waals surface area contributed by atoms with Gasteiger partial charge in [-0.25, -0.2) is 4.79 Å². The number of carbonyl (C=O) groups excluding carboxylic acids is 1. The molecule has 1 aromatic heterocycles. The maximum Gasteiger partial charge on any atom is 0.347 e. The Bertz CT molecular complexity index is 1040. The number of carbonyl (C=O) groups is 1. The van der Waals surface area contributed by atoms with Gasteiger partial charge in [0.05, 0.1) is 16.5 Å². The highest BCUT2D eigenvalue weighted by Crippen LogP contribution is 2.29. The van der Waals surface area contributed by atoms with E-state index in [4.69, 9.17) is 18.6 Å². The zero-order valence-corrected chi connectivity index (χ0v) is 17.0. The van der Waals surface area contributed by atoms with E-state index in [9.17, 15) is 9.59 Å². The van der Waals surface area contributed by atoms with Crippen molar-refractivity contribution in [2.75, 3.05) is 6.61 Å². The summed E-state index contributed by atoms with van der Waals surface area (Å²) in [5.74, 6) is 0.537. The first-order chi connectivity index (χ1) is 13.5. The third-order valence-corrected chi connectivity index (χ3v) is 4.52. The number of fused-ring (bicyclic) bond motifs is 1. The second-order valence-corrected chi connectivity index (χ2v) is 6.90. The molecule has 1 heterocycles. The molecule has 0 aliphatic carbocycles. The standard InChI is InChI=1S/C21H19BrO6/c1-3-10-25-21(24)13(2)27-14-8-9-15-18(11-14)26-12-19(20(15)23)28-17-7-5-4-6-16(17)22/h4-9,11-13H,3,10H2,1-2H3/t13-/m0/s1. The zero-order valence-electron chi connectivity index (χ0n) is 15.4. The van der Waals surface area contributed by atoms with Crippen molar-refractivity contribution in [2.45, 2.75) is 26.4 Å². The lowest BCUT2D eigenvalue weighted by Crippen LogP contribution is -2.26. The van der Waals surface area contributed by atoms with Crippen LogP contribution in [0, 0.1) is 0 Å². The highest BCUT2D eigenvalue weighted by molar-refractivity contribution is 9.10. The van der Waals surface area contributed by atoms with Gasteiger partial charge in [-0.3, -0.25) is 4.79 Å². The van der Waals surface area contributed by atoms with Crippen LogP contribution in [0.4, 0.5) is 0 Å². The van der Waals surface area contributed by atoms with Crippen LogP contribution in [0.2, 0.25) is 0 Å². The van der Waals surface area contributed by atoms with E-state index in [-0.39, 0.29) is 11.2 Å². The van der Waals surface area contributed by atoms with Crippen LogP contribution in [0.1, 0.15) is 20.3 Å². The zero-order chi connectivity index (χ0) is 20.1. The molecular formula is C21H19BrO6. The van der Waals surface area contributed by atoms with Gasteiger partial charge in [-0.05, 0) is 53.5 Å². The van der Waals surface area contributed by atoms with Gasteiger partial charge in [-0.1, -0.05) is 19.1 Å². The Labute approximate surface area is 170 Å². The van der Waals surface area contributed by atoms with Crippen LogP contribution in [-0.2, 0) is 9.53 Å². The molecule has 0 aliphatic rings. The Morgan fingerprint density at radius 3 is 2.71 bits per heavy atom. The number of esters is 1. The Morgan fingerprint density at radius 2 is 1.96 bits per heavy atom. The van der Waals surface area contributed by atoms with Crippen molar-refractivity contribution in [2.24, 2.45) is 0 Å². The Hall–Kier alpha value is -2.80. The number of rotatable bonds is 7. The lowest BCUT2D eigenvalue weighted by Gasteiger charge is -2.14. The summed E-state index contributed by atoms with van der Waals surface area (Å²) in [7, 11) is 0. The molecule has 7 heteroatoms. The molecule has 2 aromatic carbocycles. The van der Waals surface area contributed by atoms with Crippen molar-refractivity contribution in [3.63, 3.8) is 0 Å². The summed E-state index contributed by atoms with van der Waals surface area (Å²) in [4.78, 5) is 24.5. The molecule has 0 saturated carbocycles. The molecule has 0 bridgehead atoms. The highest BCUT2D eigenvalue weighted by atomic mass is 79.9. The molecule has 146 valence electrons. The van der Waals surface area contributed by atoms with Crippen LogP contribution in [0.25, 0.3) is 11.0 Å². The number of para-hydroxylation sites is 1. The van der Waals surface area contributed by atoms with Crippen molar-refractivity contribution < 1.29 is 23.4 Å². The average molecular weight is 447 g/mol. The second kappa shape index (κ2) is 8.93. The van der Waals surface area contributed by atoms with E-state index in [0.717, 1.165) is 10.9 Å². The summed E-state index contributed by atoms with van der Waals surface area (Å²) in [6.07, 6.45) is 1.23. The molecule has 0 spiro atoms. The fraction of sp³-hybridized carbons (Fsp3) is 0.238. The molecule has 0 aliphatic heterocycles. The van der Waals surface area contributed by atoms with Crippen molar-refractivity contribution in [1.82, 2.24) is 0 Å². The molecule has 6 nitrogen and oxygen atoms in total. The molecule has 0 fully saturated rings. The van der Waals surface area contributed by atoms with E-state index < -0.39 is 12.1 Å². The minimum atomic E-state index is -0.770. The van der Waals surface area contributed by atoms with Crippen LogP contribution < -0.4 is 14.9 Å². The normalized spacial score (nSPS) is 11.8. The van der Waals surface area contributed by atoms with Crippen LogP contribution in [0.3, 0.4) is 0 Å². The summed E-state index contributed by atoms with van der Waals surface area (Å²) >= 11 is 3.38. The van der Waals surface area contributed by atoms with E-state index in [1.165, 1.54) is 6.26 Å². The van der Waals surface area contributed by atoms with Gasteiger partial charge in [0.15, 0.2) is 6.10 Å². The Balaban J connectivity index is 1.81. The van der Waals surface area contributed by atoms with Gasteiger partial charge in [0.2, 0.25) is 11.2 Å². The highest BCUT2D eigenvalue weighted by Gasteiger charge is 2.17. The molecule has 1 atom stereocenters. The van der Waals surface area contributed by atoms with E-state index in [1.54, 1.807) is 37.3 Å². The summed E-state index contributed by atoms with van der Waals surface area (Å²) < 4.78 is 22.6. The van der Waals surface area contributed by atoms with Crippen molar-refractivity contribution in [1.29, 1.82) is 0 Å². The maximum atomic E-state index is 12.7. The fourth-order valence-corrected chi connectivity index (χ4v) is 2.82. The average Bonchev–Trinajstić information content (AvgIpc) is 2.69. The fourth-order valence-electron chi connectivity index (χ4n) is 2.45. The number of ether oxygens (including phenoxy) is 3. The number of hydrogen-bond acceptors (Lipinski definition) is 6. The Kier molecular flexibility index (Phi) is 6.36. The molecule has 0 amide bonds. The third-order valence-electron chi connectivity index (χ3n) is 3.86. The quantitative estimate of drug-likeness (QED) is 0.471. The van der Waals surface area contributed by atoms with Gasteiger partial charge < -0.3 is 18.6 Å². The minimum absolute atomic E-state index is 0.0737. The second-order valence-electron chi connectivity index (χ2n) is 6.05. The Morgan fingerprint density at radius 1 is 1.18 bits per heavy atom. The van der Waals surface area contributed by atoms with Gasteiger partial charge in [-0.15, -0.1) is 0 Å². The van der Waals surface area contributed by atoms with Crippen molar-refractivity contribution in [3.8, 4) is 17.2 Å². The van der Waals surface area contributed by atoms with Gasteiger partial charge in [0.1, 0.15) is 23.3 Å². The van der Waals surface area contributed by atoms with Crippen LogP contribution >= 0.6 is 15.9 Å². The first-order valence-corrected chi connectivity index (χ1v) is 9.60. The predicted octanol–water partition coefficient (Wildman–Crippen LogP) is 5.07. The topological polar surface area (TPSA) is 75.0 Å². The van der Waals surface area contributed by atoms with Crippen molar-refractivity contribution in [3.05, 3.63) is 63.4 Å². The molecule has 0 N–H and O–H groups in total. The SMILES string of the molecule is CCCOC(=O)[C@H](C)Oc1ccc2c(=O)c(Oc3ccccc3Br)coc2c1. The lowest BCUT2D eigenvalue weighted by atomic mass is 10.2. The monoisotopic (exact) mass is 446 g/mol. The van der Waals surface area contributed by atoms with E-state index in [0.29, 0.717) is 29.1 Å². The van der Waals surface area contributed by atoms with Crippen LogP contribution in [0.15, 0.2) is 62.4 Å². The molecule has 28 heavy (non-hydrogen) atoms. The molecule has 0 radical (unpaired) electrons. The largest absolute Gasteiger partial charge is 0.479 e. The number of halogens is 1. The van der Waals surface area contributed by atoms with Gasteiger partial charge in [-0.2, -0.15) is 0 Å². The van der Waals surface area contributed by atoms with E-state index in [1.807, 2.05) is 19.1 Å². The maximum absolute atomic E-state index is 12.7. The van der Waals surface area contributed by atoms with Gasteiger partial charge >= 0.3 is 5.97 Å². The smallest absolute Gasteiger partial charge is 0.347 e. The van der Waals surface area contributed by atoms with Crippen LogP contribution in [0.5, 0.6) is 17.2 Å². The molecular weight excluding hydrogens is 428 g/mol. The number of hydrogen-bond donors (Lipinski definition) is 0. The predicted molar refractivity (Wildman–Crippen MR) is 108 cm³/mol. The summed E-state index contributed by atoms with van der Waals surface area (Å²) in [6, 6.07) is 11.9. The van der Waals surface area contributed by atoms with E-state index >= 15 is 0 Å². The first-order valence-electron chi connectivity index (χ1n) is 8.81. The first kappa shape index (κ1) is 19.9. The van der Waals surface area contributed by atoms with Crippen LogP contribution in [-0.4, -0.2) is 18.7 Å². The van der Waals surface area contributed by atoms with Gasteiger partial charge in [0.25, 0.3) is 0 Å². The van der Waals surface area contributed by atoms with E-state index in [2.05, 4.69) is 15.9 Å². The summed E-state index contributed by atoms with van der Waals surface area (Å²) in [6.45, 7) is 3.87. The van der Waals surface area contributed by atoms with Crippen molar-refractivity contribution >= 4 is 32.9 Å².